The molecule has 122 valence electrons. The summed E-state index contributed by atoms with van der Waals surface area (Å²) in [4.78, 5) is 0. The number of nitrogens with zero attached hydrogens (tertiary/aromatic N) is 1. The van der Waals surface area contributed by atoms with Crippen LogP contribution in [0.15, 0.2) is 0 Å². The summed E-state index contributed by atoms with van der Waals surface area (Å²) >= 11 is 0. The highest BCUT2D eigenvalue weighted by molar-refractivity contribution is 7.87. The van der Waals surface area contributed by atoms with E-state index in [1.165, 1.54) is 4.31 Å². The number of rotatable bonds is 12. The molecule has 0 aliphatic rings. The van der Waals surface area contributed by atoms with Crippen molar-refractivity contribution in [3.63, 3.8) is 0 Å². The number of hydrogen-bond donors (Lipinski definition) is 2. The fourth-order valence-electron chi connectivity index (χ4n) is 1.92. The van der Waals surface area contributed by atoms with E-state index < -0.39 is 10.2 Å². The molecule has 0 saturated heterocycles. The van der Waals surface area contributed by atoms with E-state index in [9.17, 15) is 8.42 Å². The van der Waals surface area contributed by atoms with Crippen LogP contribution in [0.5, 0.6) is 0 Å². The zero-order valence-corrected chi connectivity index (χ0v) is 14.6. The fraction of sp³-hybridized carbons (Fsp3) is 1.00. The number of unbranched alkanes of at least 4 members (excludes halogenated alkanes) is 2. The molecule has 5 nitrogen and oxygen atoms in total. The van der Waals surface area contributed by atoms with Gasteiger partial charge in [-0.1, -0.05) is 40.0 Å². The Morgan fingerprint density at radius 3 is 2.30 bits per heavy atom. The molecule has 0 aliphatic heterocycles. The first-order valence-electron chi connectivity index (χ1n) is 7.76. The van der Waals surface area contributed by atoms with Crippen LogP contribution >= 0.6 is 0 Å². The van der Waals surface area contributed by atoms with Gasteiger partial charge in [-0.25, -0.2) is 0 Å². The molecule has 0 rings (SSSR count). The molecule has 6 heteroatoms. The Morgan fingerprint density at radius 1 is 1.10 bits per heavy atom. The molecule has 0 aromatic rings. The van der Waals surface area contributed by atoms with Crippen LogP contribution in [-0.4, -0.2) is 44.9 Å². The van der Waals surface area contributed by atoms with Crippen molar-refractivity contribution in [2.75, 3.05) is 20.1 Å². The molecule has 0 bridgehead atoms. The molecule has 20 heavy (non-hydrogen) atoms. The zero-order valence-electron chi connectivity index (χ0n) is 13.8. The first-order chi connectivity index (χ1) is 9.29. The van der Waals surface area contributed by atoms with Crippen molar-refractivity contribution in [1.29, 1.82) is 0 Å². The standard InChI is InChI=1S/C14H33N3O2S/c1-6-7-8-10-14(4)16-20(18,19)17(5)12-9-11-15-13(2)3/h13-16H,6-12H2,1-5H3. The van der Waals surface area contributed by atoms with E-state index in [-0.39, 0.29) is 6.04 Å². The minimum atomic E-state index is -3.34. The Kier molecular flexibility index (Phi) is 10.5. The van der Waals surface area contributed by atoms with Gasteiger partial charge in [0.2, 0.25) is 0 Å². The van der Waals surface area contributed by atoms with Crippen LogP contribution in [0, 0.1) is 0 Å². The van der Waals surface area contributed by atoms with Crippen LogP contribution in [0.4, 0.5) is 0 Å². The lowest BCUT2D eigenvalue weighted by molar-refractivity contribution is 0.428. The van der Waals surface area contributed by atoms with Gasteiger partial charge in [0.15, 0.2) is 0 Å². The summed E-state index contributed by atoms with van der Waals surface area (Å²) in [5.41, 5.74) is 0. The van der Waals surface area contributed by atoms with Gasteiger partial charge in [0.05, 0.1) is 0 Å². The molecular weight excluding hydrogens is 274 g/mol. The predicted molar refractivity (Wildman–Crippen MR) is 86.0 cm³/mol. The smallest absolute Gasteiger partial charge is 0.279 e. The largest absolute Gasteiger partial charge is 0.314 e. The first-order valence-corrected chi connectivity index (χ1v) is 9.20. The molecular formula is C14H33N3O2S. The Balaban J connectivity index is 4.01. The van der Waals surface area contributed by atoms with Crippen LogP contribution in [0.25, 0.3) is 0 Å². The van der Waals surface area contributed by atoms with E-state index in [1.807, 2.05) is 6.92 Å². The van der Waals surface area contributed by atoms with Crippen LogP contribution in [0.2, 0.25) is 0 Å². The molecule has 0 amide bonds. The van der Waals surface area contributed by atoms with E-state index in [4.69, 9.17) is 0 Å². The lowest BCUT2D eigenvalue weighted by Crippen LogP contribution is -2.43. The highest BCUT2D eigenvalue weighted by Crippen LogP contribution is 2.05. The lowest BCUT2D eigenvalue weighted by atomic mass is 10.1. The second-order valence-electron chi connectivity index (χ2n) is 5.80. The third kappa shape index (κ3) is 9.69. The quantitative estimate of drug-likeness (QED) is 0.543. The van der Waals surface area contributed by atoms with Crippen molar-refractivity contribution < 1.29 is 8.42 Å². The molecule has 0 radical (unpaired) electrons. The Hall–Kier alpha value is -0.170. The van der Waals surface area contributed by atoms with Gasteiger partial charge in [0.1, 0.15) is 0 Å². The second-order valence-corrected chi connectivity index (χ2v) is 7.61. The van der Waals surface area contributed by atoms with Crippen molar-refractivity contribution in [2.24, 2.45) is 0 Å². The lowest BCUT2D eigenvalue weighted by Gasteiger charge is -2.21. The summed E-state index contributed by atoms with van der Waals surface area (Å²) in [5.74, 6) is 0. The molecule has 0 spiro atoms. The molecule has 1 unspecified atom stereocenters. The second kappa shape index (κ2) is 10.5. The molecule has 0 saturated carbocycles. The summed E-state index contributed by atoms with van der Waals surface area (Å²) in [6, 6.07) is 0.441. The van der Waals surface area contributed by atoms with Gasteiger partial charge in [-0.05, 0) is 26.3 Å². The summed E-state index contributed by atoms with van der Waals surface area (Å²) in [6.45, 7) is 9.62. The molecule has 2 N–H and O–H groups in total. The summed E-state index contributed by atoms with van der Waals surface area (Å²) in [5, 5.41) is 3.29. The molecule has 0 aromatic heterocycles. The highest BCUT2D eigenvalue weighted by Gasteiger charge is 2.19. The normalized spacial score (nSPS) is 14.2. The van der Waals surface area contributed by atoms with Gasteiger partial charge in [-0.15, -0.1) is 0 Å². The van der Waals surface area contributed by atoms with Gasteiger partial charge in [0, 0.05) is 25.7 Å². The third-order valence-electron chi connectivity index (χ3n) is 3.20. The van der Waals surface area contributed by atoms with Crippen LogP contribution in [0.3, 0.4) is 0 Å². The van der Waals surface area contributed by atoms with Gasteiger partial charge in [0.25, 0.3) is 10.2 Å². The SMILES string of the molecule is CCCCCC(C)NS(=O)(=O)N(C)CCCNC(C)C. The average Bonchev–Trinajstić information content (AvgIpc) is 2.33. The van der Waals surface area contributed by atoms with E-state index in [2.05, 4.69) is 30.8 Å². The Bertz CT molecular complexity index is 331. The van der Waals surface area contributed by atoms with Crippen molar-refractivity contribution in [1.82, 2.24) is 14.3 Å². The molecule has 0 heterocycles. The first kappa shape index (κ1) is 19.8. The molecule has 1 atom stereocenters. The third-order valence-corrected chi connectivity index (χ3v) is 4.91. The van der Waals surface area contributed by atoms with Crippen LogP contribution < -0.4 is 10.0 Å². The van der Waals surface area contributed by atoms with E-state index in [1.54, 1.807) is 7.05 Å². The van der Waals surface area contributed by atoms with Gasteiger partial charge < -0.3 is 5.32 Å². The Morgan fingerprint density at radius 2 is 1.75 bits per heavy atom. The van der Waals surface area contributed by atoms with E-state index in [0.29, 0.717) is 12.6 Å². The topological polar surface area (TPSA) is 61.4 Å². The van der Waals surface area contributed by atoms with Crippen molar-refractivity contribution in [2.45, 2.75) is 71.9 Å². The summed E-state index contributed by atoms with van der Waals surface area (Å²) < 4.78 is 28.3. The molecule has 0 aromatic carbocycles. The molecule has 0 aliphatic carbocycles. The predicted octanol–water partition coefficient (Wildman–Crippen LogP) is 2.11. The maximum atomic E-state index is 12.1. The van der Waals surface area contributed by atoms with Gasteiger partial charge in [-0.3, -0.25) is 0 Å². The van der Waals surface area contributed by atoms with Crippen LogP contribution in [-0.2, 0) is 10.2 Å². The van der Waals surface area contributed by atoms with Crippen molar-refractivity contribution >= 4 is 10.2 Å². The maximum absolute atomic E-state index is 12.1. The van der Waals surface area contributed by atoms with E-state index in [0.717, 1.165) is 38.6 Å². The monoisotopic (exact) mass is 307 g/mol. The van der Waals surface area contributed by atoms with E-state index >= 15 is 0 Å². The average molecular weight is 308 g/mol. The maximum Gasteiger partial charge on any atom is 0.279 e. The van der Waals surface area contributed by atoms with Gasteiger partial charge in [-0.2, -0.15) is 17.4 Å². The Labute approximate surface area is 125 Å². The number of nitrogens with one attached hydrogen (secondary N) is 2. The summed E-state index contributed by atoms with van der Waals surface area (Å²) in [7, 11) is -1.71. The van der Waals surface area contributed by atoms with Crippen LogP contribution in [0.1, 0.15) is 59.8 Å². The summed E-state index contributed by atoms with van der Waals surface area (Å²) in [6.07, 6.45) is 5.10. The minimum absolute atomic E-state index is 0.00258. The zero-order chi connectivity index (χ0) is 15.6. The number of hydrogen-bond acceptors (Lipinski definition) is 3. The molecule has 0 fully saturated rings. The van der Waals surface area contributed by atoms with Crippen molar-refractivity contribution in [3.8, 4) is 0 Å². The fourth-order valence-corrected chi connectivity index (χ4v) is 3.09. The van der Waals surface area contributed by atoms with Crippen molar-refractivity contribution in [3.05, 3.63) is 0 Å². The highest BCUT2D eigenvalue weighted by atomic mass is 32.2. The minimum Gasteiger partial charge on any atom is -0.314 e. The van der Waals surface area contributed by atoms with Gasteiger partial charge >= 0.3 is 0 Å².